The van der Waals surface area contributed by atoms with Crippen LogP contribution in [0.3, 0.4) is 0 Å². The van der Waals surface area contributed by atoms with E-state index in [0.717, 1.165) is 26.2 Å². The van der Waals surface area contributed by atoms with Crippen molar-refractivity contribution in [1.29, 1.82) is 0 Å². The van der Waals surface area contributed by atoms with Crippen molar-refractivity contribution >= 4 is 28.0 Å². The van der Waals surface area contributed by atoms with Gasteiger partial charge in [-0.15, -0.1) is 11.3 Å². The number of carbonyl (C=O) groups is 1. The summed E-state index contributed by atoms with van der Waals surface area (Å²) >= 11 is 1.53. The first-order valence-electron chi connectivity index (χ1n) is 5.70. The van der Waals surface area contributed by atoms with Crippen LogP contribution >= 0.6 is 11.3 Å². The molecule has 18 heavy (non-hydrogen) atoms. The Kier molecular flexibility index (Phi) is 2.68. The Hall–Kier alpha value is -2.00. The normalized spacial score (nSPS) is 10.7. The van der Waals surface area contributed by atoms with Gasteiger partial charge >= 0.3 is 0 Å². The summed E-state index contributed by atoms with van der Waals surface area (Å²) in [5.74, 6) is 0.0756. The lowest BCUT2D eigenvalue weighted by atomic mass is 10.0. The number of carbonyl (C=O) groups excluding carboxylic acids is 1. The van der Waals surface area contributed by atoms with Crippen molar-refractivity contribution < 1.29 is 4.79 Å². The average molecular weight is 253 g/mol. The molecule has 2 nitrogen and oxygen atoms in total. The van der Waals surface area contributed by atoms with Gasteiger partial charge in [-0.25, -0.2) is 0 Å². The molecule has 0 aliphatic heterocycles. The van der Waals surface area contributed by atoms with E-state index in [2.05, 4.69) is 4.98 Å². The van der Waals surface area contributed by atoms with Crippen molar-refractivity contribution in [1.82, 2.24) is 4.98 Å². The summed E-state index contributed by atoms with van der Waals surface area (Å²) in [6.45, 7) is 2.01. The summed E-state index contributed by atoms with van der Waals surface area (Å²) in [6, 6.07) is 13.4. The smallest absolute Gasteiger partial charge is 0.203 e. The molecule has 2 aromatic heterocycles. The van der Waals surface area contributed by atoms with Crippen LogP contribution in [0.25, 0.3) is 10.9 Å². The number of pyridine rings is 1. The molecule has 0 bridgehead atoms. The van der Waals surface area contributed by atoms with Crippen LogP contribution in [0.1, 0.15) is 20.1 Å². The number of aryl methyl sites for hydroxylation is 1. The number of hydrogen-bond donors (Lipinski definition) is 0. The van der Waals surface area contributed by atoms with Crippen molar-refractivity contribution in [3.63, 3.8) is 0 Å². The number of fused-ring (bicyclic) bond motifs is 1. The molecule has 0 aliphatic rings. The van der Waals surface area contributed by atoms with E-state index in [0.29, 0.717) is 0 Å². The number of hydrogen-bond acceptors (Lipinski definition) is 3. The first kappa shape index (κ1) is 11.1. The highest BCUT2D eigenvalue weighted by molar-refractivity contribution is 7.14. The van der Waals surface area contributed by atoms with E-state index in [-0.39, 0.29) is 5.78 Å². The molecule has 0 spiro atoms. The molecule has 3 aromatic rings. The Balaban J connectivity index is 2.17. The second-order valence-corrected chi connectivity index (χ2v) is 5.40. The maximum atomic E-state index is 12.5. The molecule has 0 saturated heterocycles. The summed E-state index contributed by atoms with van der Waals surface area (Å²) < 4.78 is 0. The summed E-state index contributed by atoms with van der Waals surface area (Å²) in [5, 5.41) is 0.913. The van der Waals surface area contributed by atoms with E-state index in [9.17, 15) is 4.79 Å². The van der Waals surface area contributed by atoms with Gasteiger partial charge in [0.05, 0.1) is 10.4 Å². The lowest BCUT2D eigenvalue weighted by Gasteiger charge is -2.03. The van der Waals surface area contributed by atoms with Crippen molar-refractivity contribution in [2.75, 3.05) is 0 Å². The minimum Gasteiger partial charge on any atom is -0.288 e. The maximum absolute atomic E-state index is 12.5. The molecular formula is C15H11NOS. The largest absolute Gasteiger partial charge is 0.288 e. The molecule has 88 valence electrons. The Morgan fingerprint density at radius 2 is 1.94 bits per heavy atom. The van der Waals surface area contributed by atoms with E-state index in [1.807, 2.05) is 43.3 Å². The highest BCUT2D eigenvalue weighted by Gasteiger charge is 2.14. The SMILES string of the molecule is Cc1ccc(C(=O)c2ccnc3ccccc23)s1. The van der Waals surface area contributed by atoms with Crippen molar-refractivity contribution in [2.45, 2.75) is 6.92 Å². The number of nitrogens with zero attached hydrogens (tertiary/aromatic N) is 1. The number of aromatic nitrogens is 1. The average Bonchev–Trinajstić information content (AvgIpc) is 2.84. The van der Waals surface area contributed by atoms with Crippen LogP contribution < -0.4 is 0 Å². The number of ketones is 1. The lowest BCUT2D eigenvalue weighted by molar-refractivity contribution is 0.104. The fourth-order valence-electron chi connectivity index (χ4n) is 1.98. The third kappa shape index (κ3) is 1.83. The quantitative estimate of drug-likeness (QED) is 0.649. The number of thiophene rings is 1. The zero-order chi connectivity index (χ0) is 12.5. The van der Waals surface area contributed by atoms with E-state index in [4.69, 9.17) is 0 Å². The van der Waals surface area contributed by atoms with Gasteiger partial charge in [0.2, 0.25) is 5.78 Å². The molecule has 3 heteroatoms. The van der Waals surface area contributed by atoms with Crippen LogP contribution in [0.5, 0.6) is 0 Å². The number of para-hydroxylation sites is 1. The van der Waals surface area contributed by atoms with Crippen LogP contribution in [0, 0.1) is 6.92 Å². The highest BCUT2D eigenvalue weighted by atomic mass is 32.1. The van der Waals surface area contributed by atoms with Crippen LogP contribution in [0.15, 0.2) is 48.7 Å². The Morgan fingerprint density at radius 1 is 1.11 bits per heavy atom. The van der Waals surface area contributed by atoms with Crippen LogP contribution in [-0.2, 0) is 0 Å². The molecule has 2 heterocycles. The van der Waals surface area contributed by atoms with Crippen LogP contribution in [0.2, 0.25) is 0 Å². The Labute approximate surface area is 109 Å². The fraction of sp³-hybridized carbons (Fsp3) is 0.0667. The van der Waals surface area contributed by atoms with Gasteiger partial charge in [0.25, 0.3) is 0 Å². The van der Waals surface area contributed by atoms with Gasteiger partial charge in [0, 0.05) is 22.0 Å². The Morgan fingerprint density at radius 3 is 2.72 bits per heavy atom. The van der Waals surface area contributed by atoms with Gasteiger partial charge in [-0.2, -0.15) is 0 Å². The van der Waals surface area contributed by atoms with Gasteiger partial charge in [0.1, 0.15) is 0 Å². The van der Waals surface area contributed by atoms with E-state index in [1.54, 1.807) is 12.3 Å². The summed E-state index contributed by atoms with van der Waals surface area (Å²) in [7, 11) is 0. The topological polar surface area (TPSA) is 30.0 Å². The molecule has 0 radical (unpaired) electrons. The van der Waals surface area contributed by atoms with Crippen molar-refractivity contribution in [3.05, 3.63) is 64.0 Å². The first-order valence-corrected chi connectivity index (χ1v) is 6.52. The minimum absolute atomic E-state index is 0.0756. The third-order valence-electron chi connectivity index (χ3n) is 2.86. The summed E-state index contributed by atoms with van der Waals surface area (Å²) in [4.78, 5) is 18.7. The summed E-state index contributed by atoms with van der Waals surface area (Å²) in [5.41, 5.74) is 1.58. The second kappa shape index (κ2) is 4.35. The molecule has 0 aliphatic carbocycles. The van der Waals surface area contributed by atoms with Gasteiger partial charge in [-0.1, -0.05) is 18.2 Å². The number of benzene rings is 1. The van der Waals surface area contributed by atoms with Crippen molar-refractivity contribution in [2.24, 2.45) is 0 Å². The molecule has 0 amide bonds. The first-order chi connectivity index (χ1) is 8.75. The van der Waals surface area contributed by atoms with Gasteiger partial charge in [0.15, 0.2) is 0 Å². The van der Waals surface area contributed by atoms with E-state index < -0.39 is 0 Å². The predicted molar refractivity (Wildman–Crippen MR) is 74.2 cm³/mol. The van der Waals surface area contributed by atoms with Crippen LogP contribution in [0.4, 0.5) is 0 Å². The number of rotatable bonds is 2. The van der Waals surface area contributed by atoms with E-state index in [1.165, 1.54) is 11.3 Å². The second-order valence-electron chi connectivity index (χ2n) is 4.12. The van der Waals surface area contributed by atoms with Gasteiger partial charge in [-0.3, -0.25) is 9.78 Å². The fourth-order valence-corrected chi connectivity index (χ4v) is 2.80. The summed E-state index contributed by atoms with van der Waals surface area (Å²) in [6.07, 6.45) is 1.69. The molecule has 0 fully saturated rings. The standard InChI is InChI=1S/C15H11NOS/c1-10-6-7-14(18-10)15(17)12-8-9-16-13-5-3-2-4-11(12)13/h2-9H,1H3. The minimum atomic E-state index is 0.0756. The molecule has 3 rings (SSSR count). The molecular weight excluding hydrogens is 242 g/mol. The van der Waals surface area contributed by atoms with Gasteiger partial charge in [-0.05, 0) is 31.2 Å². The van der Waals surface area contributed by atoms with Gasteiger partial charge < -0.3 is 0 Å². The lowest BCUT2D eigenvalue weighted by Crippen LogP contribution is -2.00. The molecule has 0 N–H and O–H groups in total. The molecule has 0 saturated carbocycles. The zero-order valence-corrected chi connectivity index (χ0v) is 10.7. The predicted octanol–water partition coefficient (Wildman–Crippen LogP) is 3.84. The van der Waals surface area contributed by atoms with Crippen molar-refractivity contribution in [3.8, 4) is 0 Å². The highest BCUT2D eigenvalue weighted by Crippen LogP contribution is 2.23. The Bertz CT molecular complexity index is 725. The monoisotopic (exact) mass is 253 g/mol. The molecule has 1 aromatic carbocycles. The van der Waals surface area contributed by atoms with Crippen LogP contribution in [-0.4, -0.2) is 10.8 Å². The van der Waals surface area contributed by atoms with E-state index >= 15 is 0 Å². The maximum Gasteiger partial charge on any atom is 0.203 e. The third-order valence-corrected chi connectivity index (χ3v) is 3.86. The molecule has 0 atom stereocenters. The molecule has 0 unspecified atom stereocenters. The zero-order valence-electron chi connectivity index (χ0n) is 9.88.